The van der Waals surface area contributed by atoms with Crippen molar-refractivity contribution >= 4 is 40.6 Å². The van der Waals surface area contributed by atoms with E-state index in [1.54, 1.807) is 0 Å². The largest absolute Gasteiger partial charge is 0.368 e. The van der Waals surface area contributed by atoms with E-state index in [1.165, 1.54) is 0 Å². The summed E-state index contributed by atoms with van der Waals surface area (Å²) in [5.41, 5.74) is 2.90. The van der Waals surface area contributed by atoms with E-state index in [9.17, 15) is 4.79 Å². The first-order chi connectivity index (χ1) is 16.6. The van der Waals surface area contributed by atoms with Crippen LogP contribution in [0.15, 0.2) is 60.7 Å². The SMILES string of the molecule is O=C(C1CCCN(c2ccc(-c3ccc(Cl)cc3)nn2)C1)N1CCN(c2cccc(Cl)c2)CC1. The zero-order valence-electron chi connectivity index (χ0n) is 18.9. The number of nitrogens with zero attached hydrogens (tertiary/aromatic N) is 5. The second-order valence-corrected chi connectivity index (χ2v) is 9.73. The topological polar surface area (TPSA) is 52.6 Å². The van der Waals surface area contributed by atoms with Crippen LogP contribution in [0.2, 0.25) is 10.0 Å². The minimum atomic E-state index is -0.00999. The Morgan fingerprint density at radius 2 is 1.62 bits per heavy atom. The molecule has 1 amide bonds. The summed E-state index contributed by atoms with van der Waals surface area (Å²) in [5, 5.41) is 10.3. The standard InChI is InChI=1S/C26H27Cl2N5O/c27-21-8-6-19(7-9-21)24-10-11-25(30-29-24)33-12-2-3-20(18-33)26(34)32-15-13-31(14-16-32)23-5-1-4-22(28)17-23/h1,4-11,17,20H,2-3,12-16,18H2. The van der Waals surface area contributed by atoms with Gasteiger partial charge in [0.25, 0.3) is 0 Å². The molecule has 2 saturated heterocycles. The van der Waals surface area contributed by atoms with Gasteiger partial charge in [-0.15, -0.1) is 10.2 Å². The minimum absolute atomic E-state index is 0.00999. The predicted molar refractivity (Wildman–Crippen MR) is 138 cm³/mol. The summed E-state index contributed by atoms with van der Waals surface area (Å²) < 4.78 is 0. The minimum Gasteiger partial charge on any atom is -0.368 e. The lowest BCUT2D eigenvalue weighted by molar-refractivity contribution is -0.136. The Morgan fingerprint density at radius 3 is 2.32 bits per heavy atom. The van der Waals surface area contributed by atoms with Gasteiger partial charge in [-0.25, -0.2) is 0 Å². The number of benzene rings is 2. The zero-order valence-corrected chi connectivity index (χ0v) is 20.4. The molecule has 2 aliphatic rings. The number of hydrogen-bond acceptors (Lipinski definition) is 5. The number of carbonyl (C=O) groups is 1. The third-order valence-corrected chi connectivity index (χ3v) is 7.14. The number of piperazine rings is 1. The fourth-order valence-corrected chi connectivity index (χ4v) is 5.08. The third-order valence-electron chi connectivity index (χ3n) is 6.65. The van der Waals surface area contributed by atoms with Gasteiger partial charge in [0.05, 0.1) is 11.6 Å². The van der Waals surface area contributed by atoms with Gasteiger partial charge in [-0.3, -0.25) is 4.79 Å². The highest BCUT2D eigenvalue weighted by molar-refractivity contribution is 6.31. The summed E-state index contributed by atoms with van der Waals surface area (Å²) in [6.07, 6.45) is 1.89. The highest BCUT2D eigenvalue weighted by atomic mass is 35.5. The molecule has 3 aromatic rings. The molecule has 34 heavy (non-hydrogen) atoms. The number of piperidine rings is 1. The Labute approximate surface area is 210 Å². The number of halogens is 2. The first kappa shape index (κ1) is 22.9. The van der Waals surface area contributed by atoms with Crippen molar-refractivity contribution in [2.45, 2.75) is 12.8 Å². The lowest BCUT2D eigenvalue weighted by atomic mass is 9.96. The number of amides is 1. The number of aromatic nitrogens is 2. The molecule has 0 radical (unpaired) electrons. The number of hydrogen-bond donors (Lipinski definition) is 0. The lowest BCUT2D eigenvalue weighted by Gasteiger charge is -2.40. The van der Waals surface area contributed by atoms with E-state index in [0.29, 0.717) is 11.6 Å². The smallest absolute Gasteiger partial charge is 0.227 e. The fraction of sp³-hybridized carbons (Fsp3) is 0.346. The summed E-state index contributed by atoms with van der Waals surface area (Å²) in [4.78, 5) is 19.8. The second kappa shape index (κ2) is 10.2. The van der Waals surface area contributed by atoms with E-state index in [-0.39, 0.29) is 11.8 Å². The van der Waals surface area contributed by atoms with E-state index in [1.807, 2.05) is 59.5 Å². The average Bonchev–Trinajstić information content (AvgIpc) is 2.89. The molecule has 1 unspecified atom stereocenters. The monoisotopic (exact) mass is 495 g/mol. The molecule has 0 aliphatic carbocycles. The summed E-state index contributed by atoms with van der Waals surface area (Å²) in [5.74, 6) is 1.06. The van der Waals surface area contributed by atoms with Gasteiger partial charge in [0, 0.05) is 60.6 Å². The second-order valence-electron chi connectivity index (χ2n) is 8.86. The van der Waals surface area contributed by atoms with Crippen molar-refractivity contribution in [2.24, 2.45) is 5.92 Å². The van der Waals surface area contributed by atoms with Gasteiger partial charge >= 0.3 is 0 Å². The molecule has 0 bridgehead atoms. The third kappa shape index (κ3) is 5.13. The van der Waals surface area contributed by atoms with E-state index in [0.717, 1.165) is 73.4 Å². The molecule has 5 rings (SSSR count). The zero-order chi connectivity index (χ0) is 23.5. The first-order valence-corrected chi connectivity index (χ1v) is 12.5. The highest BCUT2D eigenvalue weighted by Crippen LogP contribution is 2.26. The van der Waals surface area contributed by atoms with Gasteiger partial charge in [-0.05, 0) is 55.3 Å². The Kier molecular flexibility index (Phi) is 6.88. The predicted octanol–water partition coefficient (Wildman–Crippen LogP) is 5.02. The van der Waals surface area contributed by atoms with Crippen molar-refractivity contribution in [3.63, 3.8) is 0 Å². The summed E-state index contributed by atoms with van der Waals surface area (Å²) in [6.45, 7) is 4.68. The van der Waals surface area contributed by atoms with Crippen LogP contribution in [0.3, 0.4) is 0 Å². The van der Waals surface area contributed by atoms with Gasteiger partial charge < -0.3 is 14.7 Å². The van der Waals surface area contributed by atoms with Crippen molar-refractivity contribution in [3.05, 3.63) is 70.7 Å². The van der Waals surface area contributed by atoms with Crippen LogP contribution in [-0.4, -0.2) is 60.3 Å². The molecule has 2 aromatic carbocycles. The van der Waals surface area contributed by atoms with E-state index in [4.69, 9.17) is 23.2 Å². The molecule has 3 heterocycles. The van der Waals surface area contributed by atoms with Crippen LogP contribution in [0.1, 0.15) is 12.8 Å². The molecule has 8 heteroatoms. The van der Waals surface area contributed by atoms with Crippen LogP contribution < -0.4 is 9.80 Å². The summed E-state index contributed by atoms with van der Waals surface area (Å²) in [6, 6.07) is 19.5. The van der Waals surface area contributed by atoms with Crippen molar-refractivity contribution in [2.75, 3.05) is 49.1 Å². The van der Waals surface area contributed by atoms with Crippen LogP contribution in [-0.2, 0) is 4.79 Å². The summed E-state index contributed by atoms with van der Waals surface area (Å²) >= 11 is 12.1. The Morgan fingerprint density at radius 1 is 0.824 bits per heavy atom. The molecule has 1 aromatic heterocycles. The molecule has 1 atom stereocenters. The van der Waals surface area contributed by atoms with Crippen LogP contribution in [0.5, 0.6) is 0 Å². The average molecular weight is 496 g/mol. The Balaban J connectivity index is 1.19. The first-order valence-electron chi connectivity index (χ1n) is 11.7. The van der Waals surface area contributed by atoms with Crippen molar-refractivity contribution in [3.8, 4) is 11.3 Å². The number of rotatable bonds is 4. The molecule has 0 saturated carbocycles. The van der Waals surface area contributed by atoms with Gasteiger partial charge in [0.2, 0.25) is 5.91 Å². The summed E-state index contributed by atoms with van der Waals surface area (Å²) in [7, 11) is 0. The van der Waals surface area contributed by atoms with Crippen LogP contribution in [0.25, 0.3) is 11.3 Å². The van der Waals surface area contributed by atoms with Crippen LogP contribution >= 0.6 is 23.2 Å². The van der Waals surface area contributed by atoms with E-state index < -0.39 is 0 Å². The highest BCUT2D eigenvalue weighted by Gasteiger charge is 2.31. The molecule has 6 nitrogen and oxygen atoms in total. The van der Waals surface area contributed by atoms with Crippen LogP contribution in [0.4, 0.5) is 11.5 Å². The van der Waals surface area contributed by atoms with Crippen molar-refractivity contribution in [1.29, 1.82) is 0 Å². The molecular formula is C26H27Cl2N5O. The maximum atomic E-state index is 13.3. The van der Waals surface area contributed by atoms with Gasteiger partial charge in [-0.1, -0.05) is 41.4 Å². The van der Waals surface area contributed by atoms with Crippen molar-refractivity contribution in [1.82, 2.24) is 15.1 Å². The van der Waals surface area contributed by atoms with Gasteiger partial charge in [-0.2, -0.15) is 0 Å². The normalized spacial score (nSPS) is 18.8. The number of carbonyl (C=O) groups excluding carboxylic acids is 1. The molecule has 176 valence electrons. The Bertz CT molecular complexity index is 1130. The van der Waals surface area contributed by atoms with Gasteiger partial charge in [0.15, 0.2) is 5.82 Å². The fourth-order valence-electron chi connectivity index (χ4n) is 4.77. The number of anilines is 2. The molecule has 0 spiro atoms. The van der Waals surface area contributed by atoms with Crippen molar-refractivity contribution < 1.29 is 4.79 Å². The maximum Gasteiger partial charge on any atom is 0.227 e. The van der Waals surface area contributed by atoms with E-state index >= 15 is 0 Å². The van der Waals surface area contributed by atoms with Gasteiger partial charge in [0.1, 0.15) is 0 Å². The molecule has 0 N–H and O–H groups in total. The quantitative estimate of drug-likeness (QED) is 0.508. The van der Waals surface area contributed by atoms with Crippen LogP contribution in [0, 0.1) is 5.92 Å². The van der Waals surface area contributed by atoms with E-state index in [2.05, 4.69) is 26.1 Å². The lowest BCUT2D eigenvalue weighted by Crippen LogP contribution is -2.52. The molecule has 2 fully saturated rings. The Hall–Kier alpha value is -2.83. The maximum absolute atomic E-state index is 13.3. The molecule has 2 aliphatic heterocycles. The molecular weight excluding hydrogens is 469 g/mol.